The monoisotopic (exact) mass is 300 g/mol. The molecule has 2 aromatic rings. The molecule has 7 heteroatoms. The van der Waals surface area contributed by atoms with Crippen LogP contribution in [0.25, 0.3) is 0 Å². The number of hydrogen-bond donors (Lipinski definition) is 2. The summed E-state index contributed by atoms with van der Waals surface area (Å²) in [7, 11) is 0. The van der Waals surface area contributed by atoms with Gasteiger partial charge < -0.3 is 19.9 Å². The molecular formula is C15H16N4O3. The third kappa shape index (κ3) is 2.65. The highest BCUT2D eigenvalue weighted by Gasteiger charge is 2.24. The van der Waals surface area contributed by atoms with Crippen molar-refractivity contribution in [2.75, 3.05) is 10.6 Å². The van der Waals surface area contributed by atoms with Crippen LogP contribution in [0.3, 0.4) is 0 Å². The topological polar surface area (TPSA) is 85.2 Å². The third-order valence-electron chi connectivity index (χ3n) is 3.53. The molecule has 22 heavy (non-hydrogen) atoms. The van der Waals surface area contributed by atoms with E-state index in [1.54, 1.807) is 55.3 Å². The number of nitrogens with zero attached hydrogens (tertiary/aromatic N) is 2. The van der Waals surface area contributed by atoms with Gasteiger partial charge in [0, 0.05) is 18.1 Å². The number of carbonyl (C=O) groups is 2. The van der Waals surface area contributed by atoms with Crippen LogP contribution in [0, 0.1) is 0 Å². The van der Waals surface area contributed by atoms with Gasteiger partial charge >= 0.3 is 0 Å². The van der Waals surface area contributed by atoms with Crippen molar-refractivity contribution in [2.45, 2.75) is 26.0 Å². The van der Waals surface area contributed by atoms with Gasteiger partial charge in [-0.1, -0.05) is 0 Å². The van der Waals surface area contributed by atoms with Crippen LogP contribution in [0.1, 0.15) is 19.9 Å². The summed E-state index contributed by atoms with van der Waals surface area (Å²) in [6.07, 6.45) is 4.42. The molecule has 0 unspecified atom stereocenters. The lowest BCUT2D eigenvalue weighted by Gasteiger charge is -2.24. The van der Waals surface area contributed by atoms with Gasteiger partial charge in [-0.25, -0.2) is 4.98 Å². The molecule has 1 aliphatic heterocycles. The summed E-state index contributed by atoms with van der Waals surface area (Å²) < 4.78 is 7.18. The summed E-state index contributed by atoms with van der Waals surface area (Å²) >= 11 is 0. The third-order valence-corrected chi connectivity index (χ3v) is 3.53. The first-order chi connectivity index (χ1) is 10.5. The Balaban J connectivity index is 1.75. The summed E-state index contributed by atoms with van der Waals surface area (Å²) in [5, 5.41) is 5.56. The maximum absolute atomic E-state index is 12.2. The van der Waals surface area contributed by atoms with Crippen molar-refractivity contribution in [3.63, 3.8) is 0 Å². The Kier molecular flexibility index (Phi) is 3.54. The number of carbonyl (C=O) groups excluding carboxylic acids is 2. The number of benzene rings is 1. The SMILES string of the molecule is C[C@H]1Oc2ccc(NC(=O)[C@H](C)n3ccnc3)cc2NC1=O. The molecule has 0 radical (unpaired) electrons. The minimum atomic E-state index is -0.519. The highest BCUT2D eigenvalue weighted by atomic mass is 16.5. The molecule has 2 N–H and O–H groups in total. The second-order valence-corrected chi connectivity index (χ2v) is 5.14. The minimum Gasteiger partial charge on any atom is -0.479 e. The van der Waals surface area contributed by atoms with Gasteiger partial charge in [0.1, 0.15) is 11.8 Å². The number of imidazole rings is 1. The van der Waals surface area contributed by atoms with Gasteiger partial charge in [0.05, 0.1) is 12.0 Å². The maximum atomic E-state index is 12.2. The van der Waals surface area contributed by atoms with Gasteiger partial charge in [-0.15, -0.1) is 0 Å². The molecule has 1 aromatic carbocycles. The molecule has 7 nitrogen and oxygen atoms in total. The van der Waals surface area contributed by atoms with E-state index >= 15 is 0 Å². The van der Waals surface area contributed by atoms with Crippen LogP contribution in [0.2, 0.25) is 0 Å². The number of ether oxygens (including phenoxy) is 1. The van der Waals surface area contributed by atoms with Gasteiger partial charge in [-0.05, 0) is 32.0 Å². The molecule has 1 aromatic heterocycles. The Morgan fingerprint density at radius 2 is 2.32 bits per heavy atom. The Labute approximate surface area is 127 Å². The normalized spacial score (nSPS) is 17.9. The number of hydrogen-bond acceptors (Lipinski definition) is 4. The average Bonchev–Trinajstić information content (AvgIpc) is 3.02. The minimum absolute atomic E-state index is 0.172. The molecule has 0 fully saturated rings. The molecule has 2 heterocycles. The predicted octanol–water partition coefficient (Wildman–Crippen LogP) is 1.80. The number of anilines is 2. The fourth-order valence-electron chi connectivity index (χ4n) is 2.17. The molecule has 114 valence electrons. The lowest BCUT2D eigenvalue weighted by Crippen LogP contribution is -2.34. The van der Waals surface area contributed by atoms with E-state index in [2.05, 4.69) is 15.6 Å². The number of aromatic nitrogens is 2. The van der Waals surface area contributed by atoms with Gasteiger partial charge in [-0.3, -0.25) is 9.59 Å². The van der Waals surface area contributed by atoms with Gasteiger partial charge in [0.2, 0.25) is 5.91 Å². The standard InChI is InChI=1S/C15H16N4O3/c1-9(19-6-5-16-8-19)14(20)17-11-3-4-13-12(7-11)18-15(21)10(2)22-13/h3-10H,1-2H3,(H,17,20)(H,18,21)/t9-,10+/m0/s1. The zero-order valence-corrected chi connectivity index (χ0v) is 12.2. The molecule has 2 atom stereocenters. The van der Waals surface area contributed by atoms with Gasteiger partial charge in [-0.2, -0.15) is 0 Å². The number of fused-ring (bicyclic) bond motifs is 1. The average molecular weight is 300 g/mol. The molecule has 0 saturated heterocycles. The molecular weight excluding hydrogens is 284 g/mol. The smallest absolute Gasteiger partial charge is 0.265 e. The van der Waals surface area contributed by atoms with Crippen molar-refractivity contribution >= 4 is 23.2 Å². The van der Waals surface area contributed by atoms with E-state index in [1.807, 2.05) is 0 Å². The largest absolute Gasteiger partial charge is 0.479 e. The Bertz CT molecular complexity index is 712. The van der Waals surface area contributed by atoms with Crippen LogP contribution in [-0.4, -0.2) is 27.5 Å². The van der Waals surface area contributed by atoms with E-state index in [-0.39, 0.29) is 17.9 Å². The lowest BCUT2D eigenvalue weighted by atomic mass is 10.2. The van der Waals surface area contributed by atoms with E-state index in [0.29, 0.717) is 17.1 Å². The molecule has 0 bridgehead atoms. The van der Waals surface area contributed by atoms with Gasteiger partial charge in [0.15, 0.2) is 6.10 Å². The Hall–Kier alpha value is -2.83. The fourth-order valence-corrected chi connectivity index (χ4v) is 2.17. The van der Waals surface area contributed by atoms with E-state index in [9.17, 15) is 9.59 Å². The molecule has 0 aliphatic carbocycles. The molecule has 3 rings (SSSR count). The van der Waals surface area contributed by atoms with Crippen molar-refractivity contribution in [3.8, 4) is 5.75 Å². The second kappa shape index (κ2) is 5.51. The zero-order valence-electron chi connectivity index (χ0n) is 12.2. The second-order valence-electron chi connectivity index (χ2n) is 5.14. The first-order valence-electron chi connectivity index (χ1n) is 6.94. The first kappa shape index (κ1) is 14.1. The van der Waals surface area contributed by atoms with Crippen LogP contribution >= 0.6 is 0 Å². The maximum Gasteiger partial charge on any atom is 0.265 e. The zero-order chi connectivity index (χ0) is 15.7. The van der Waals surface area contributed by atoms with E-state index in [0.717, 1.165) is 0 Å². The summed E-state index contributed by atoms with van der Waals surface area (Å²) in [5.41, 5.74) is 1.14. The van der Waals surface area contributed by atoms with Crippen molar-refractivity contribution in [2.24, 2.45) is 0 Å². The van der Waals surface area contributed by atoms with Gasteiger partial charge in [0.25, 0.3) is 5.91 Å². The van der Waals surface area contributed by atoms with Crippen LogP contribution < -0.4 is 15.4 Å². The number of rotatable bonds is 3. The van der Waals surface area contributed by atoms with Crippen molar-refractivity contribution < 1.29 is 14.3 Å². The number of amides is 2. The predicted molar refractivity (Wildman–Crippen MR) is 80.7 cm³/mol. The van der Waals surface area contributed by atoms with Crippen LogP contribution in [-0.2, 0) is 9.59 Å². The highest BCUT2D eigenvalue weighted by Crippen LogP contribution is 2.32. The Morgan fingerprint density at radius 3 is 3.05 bits per heavy atom. The summed E-state index contributed by atoms with van der Waals surface area (Å²) in [5.74, 6) is 0.213. The molecule has 1 aliphatic rings. The summed E-state index contributed by atoms with van der Waals surface area (Å²) in [6, 6.07) is 4.76. The van der Waals surface area contributed by atoms with E-state index < -0.39 is 6.10 Å². The highest BCUT2D eigenvalue weighted by molar-refractivity contribution is 5.99. The number of nitrogens with one attached hydrogen (secondary N) is 2. The van der Waals surface area contributed by atoms with Crippen molar-refractivity contribution in [1.29, 1.82) is 0 Å². The van der Waals surface area contributed by atoms with Crippen molar-refractivity contribution in [1.82, 2.24) is 9.55 Å². The lowest BCUT2D eigenvalue weighted by molar-refractivity contribution is -0.122. The summed E-state index contributed by atoms with van der Waals surface area (Å²) in [4.78, 5) is 27.8. The molecule has 0 saturated carbocycles. The van der Waals surface area contributed by atoms with E-state index in [1.165, 1.54) is 0 Å². The fraction of sp³-hybridized carbons (Fsp3) is 0.267. The van der Waals surface area contributed by atoms with Crippen LogP contribution in [0.4, 0.5) is 11.4 Å². The van der Waals surface area contributed by atoms with E-state index in [4.69, 9.17) is 4.74 Å². The summed E-state index contributed by atoms with van der Waals surface area (Å²) in [6.45, 7) is 3.46. The quantitative estimate of drug-likeness (QED) is 0.905. The van der Waals surface area contributed by atoms with Crippen molar-refractivity contribution in [3.05, 3.63) is 36.9 Å². The van der Waals surface area contributed by atoms with Crippen LogP contribution in [0.5, 0.6) is 5.75 Å². The first-order valence-corrected chi connectivity index (χ1v) is 6.94. The molecule has 0 spiro atoms. The Morgan fingerprint density at radius 1 is 1.50 bits per heavy atom. The molecule has 2 amide bonds. The van der Waals surface area contributed by atoms with Crippen LogP contribution in [0.15, 0.2) is 36.9 Å².